The van der Waals surface area contributed by atoms with Gasteiger partial charge in [0.25, 0.3) is 11.6 Å². The van der Waals surface area contributed by atoms with Crippen molar-refractivity contribution >= 4 is 40.5 Å². The van der Waals surface area contributed by atoms with Crippen molar-refractivity contribution in [2.75, 3.05) is 36.2 Å². The van der Waals surface area contributed by atoms with E-state index in [-0.39, 0.29) is 28.4 Å². The van der Waals surface area contributed by atoms with Crippen LogP contribution in [0.1, 0.15) is 33.2 Å². The Kier molecular flexibility index (Phi) is 7.77. The Labute approximate surface area is 202 Å². The van der Waals surface area contributed by atoms with E-state index in [9.17, 15) is 24.5 Å². The highest BCUT2D eigenvalue weighted by atomic mass is 16.6. The summed E-state index contributed by atoms with van der Waals surface area (Å²) >= 11 is 0. The van der Waals surface area contributed by atoms with Crippen LogP contribution in [0.4, 0.5) is 27.5 Å². The van der Waals surface area contributed by atoms with Crippen molar-refractivity contribution in [2.45, 2.75) is 6.92 Å². The van der Waals surface area contributed by atoms with E-state index in [4.69, 9.17) is 0 Å². The lowest BCUT2D eigenvalue weighted by Crippen LogP contribution is -2.28. The molecular formula is C25H25N5O5. The first kappa shape index (κ1) is 24.9. The summed E-state index contributed by atoms with van der Waals surface area (Å²) in [6.07, 6.45) is 0. The topological polar surface area (TPSA) is 134 Å². The number of urea groups is 1. The van der Waals surface area contributed by atoms with Crippen molar-refractivity contribution in [3.63, 3.8) is 0 Å². The van der Waals surface area contributed by atoms with Crippen molar-refractivity contribution in [3.05, 3.63) is 93.5 Å². The molecule has 0 saturated carbocycles. The molecule has 0 aliphatic carbocycles. The second-order valence-electron chi connectivity index (χ2n) is 7.75. The molecule has 180 valence electrons. The fraction of sp³-hybridized carbons (Fsp3) is 0.160. The zero-order valence-corrected chi connectivity index (χ0v) is 19.5. The molecule has 3 aromatic rings. The third-order valence-corrected chi connectivity index (χ3v) is 5.05. The van der Waals surface area contributed by atoms with Gasteiger partial charge in [-0.05, 0) is 43.3 Å². The van der Waals surface area contributed by atoms with Crippen molar-refractivity contribution in [1.82, 2.24) is 5.32 Å². The largest absolute Gasteiger partial charge is 0.372 e. The van der Waals surface area contributed by atoms with Gasteiger partial charge in [0, 0.05) is 49.2 Å². The Balaban J connectivity index is 1.88. The molecule has 0 spiro atoms. The molecule has 0 unspecified atom stereocenters. The number of carbonyl (C=O) groups is 3. The van der Waals surface area contributed by atoms with E-state index < -0.39 is 16.6 Å². The predicted octanol–water partition coefficient (Wildman–Crippen LogP) is 4.29. The molecule has 3 aromatic carbocycles. The monoisotopic (exact) mass is 475 g/mol. The number of ketones is 1. The van der Waals surface area contributed by atoms with Crippen LogP contribution in [-0.2, 0) is 0 Å². The summed E-state index contributed by atoms with van der Waals surface area (Å²) in [4.78, 5) is 50.6. The third kappa shape index (κ3) is 5.99. The predicted molar refractivity (Wildman–Crippen MR) is 134 cm³/mol. The van der Waals surface area contributed by atoms with Crippen LogP contribution in [0.25, 0.3) is 0 Å². The van der Waals surface area contributed by atoms with Crippen LogP contribution in [0.5, 0.6) is 0 Å². The lowest BCUT2D eigenvalue weighted by Gasteiger charge is -2.14. The minimum absolute atomic E-state index is 0.0932. The van der Waals surface area contributed by atoms with Gasteiger partial charge < -0.3 is 20.9 Å². The van der Waals surface area contributed by atoms with Crippen molar-refractivity contribution in [2.24, 2.45) is 0 Å². The van der Waals surface area contributed by atoms with Crippen LogP contribution < -0.4 is 20.9 Å². The zero-order chi connectivity index (χ0) is 25.5. The summed E-state index contributed by atoms with van der Waals surface area (Å²) in [5.74, 6) is -1.06. The van der Waals surface area contributed by atoms with Crippen LogP contribution in [0.2, 0.25) is 0 Å². The number of rotatable bonds is 8. The average Bonchev–Trinajstić information content (AvgIpc) is 2.83. The van der Waals surface area contributed by atoms with E-state index in [1.165, 1.54) is 30.3 Å². The van der Waals surface area contributed by atoms with Gasteiger partial charge >= 0.3 is 6.03 Å². The molecule has 0 aliphatic heterocycles. The summed E-state index contributed by atoms with van der Waals surface area (Å²) in [5.41, 5.74) is 1.35. The highest BCUT2D eigenvalue weighted by molar-refractivity contribution is 6.18. The van der Waals surface area contributed by atoms with Gasteiger partial charge in [-0.2, -0.15) is 0 Å². The number of nitrogens with one attached hydrogen (secondary N) is 3. The number of nitro groups is 1. The molecule has 35 heavy (non-hydrogen) atoms. The van der Waals surface area contributed by atoms with Gasteiger partial charge in [0.2, 0.25) is 0 Å². The van der Waals surface area contributed by atoms with Crippen LogP contribution in [0, 0.1) is 10.1 Å². The molecule has 10 nitrogen and oxygen atoms in total. The lowest BCUT2D eigenvalue weighted by atomic mass is 9.97. The Morgan fingerprint density at radius 3 is 2.17 bits per heavy atom. The van der Waals surface area contributed by atoms with Crippen LogP contribution >= 0.6 is 0 Å². The van der Waals surface area contributed by atoms with Gasteiger partial charge in [-0.25, -0.2) is 4.79 Å². The van der Waals surface area contributed by atoms with E-state index in [1.807, 2.05) is 0 Å². The van der Waals surface area contributed by atoms with E-state index >= 15 is 0 Å². The molecule has 0 heterocycles. The van der Waals surface area contributed by atoms with Gasteiger partial charge in [-0.1, -0.05) is 24.3 Å². The summed E-state index contributed by atoms with van der Waals surface area (Å²) in [7, 11) is 3.34. The standard InChI is InChI=1S/C25H25N5O5/c1-4-26-25(33)28-18-9-7-8-17(15-18)27-24(32)20-11-6-5-10-19(20)23(31)16-12-13-21(29(2)3)22(14-16)30(34)35/h5-15H,4H2,1-3H3,(H,27,32)(H2,26,28,33). The zero-order valence-electron chi connectivity index (χ0n) is 19.5. The minimum Gasteiger partial charge on any atom is -0.372 e. The van der Waals surface area contributed by atoms with E-state index in [0.717, 1.165) is 0 Å². The maximum Gasteiger partial charge on any atom is 0.319 e. The number of hydrogen-bond donors (Lipinski definition) is 3. The second-order valence-corrected chi connectivity index (χ2v) is 7.75. The molecule has 3 N–H and O–H groups in total. The highest BCUT2D eigenvalue weighted by Crippen LogP contribution is 2.29. The average molecular weight is 476 g/mol. The number of nitro benzene ring substituents is 1. The number of carbonyl (C=O) groups excluding carboxylic acids is 3. The van der Waals surface area contributed by atoms with Gasteiger partial charge in [0.15, 0.2) is 5.78 Å². The minimum atomic E-state index is -0.549. The first-order valence-electron chi connectivity index (χ1n) is 10.8. The maximum atomic E-state index is 13.2. The molecule has 3 rings (SSSR count). The van der Waals surface area contributed by atoms with E-state index in [1.54, 1.807) is 62.3 Å². The van der Waals surface area contributed by atoms with Crippen molar-refractivity contribution < 1.29 is 19.3 Å². The van der Waals surface area contributed by atoms with Crippen molar-refractivity contribution in [1.29, 1.82) is 0 Å². The molecule has 0 saturated heterocycles. The first-order chi connectivity index (χ1) is 16.7. The smallest absolute Gasteiger partial charge is 0.319 e. The number of benzene rings is 3. The fourth-order valence-electron chi connectivity index (χ4n) is 3.43. The fourth-order valence-corrected chi connectivity index (χ4v) is 3.43. The number of anilines is 3. The normalized spacial score (nSPS) is 10.3. The summed E-state index contributed by atoms with van der Waals surface area (Å²) in [5, 5.41) is 19.5. The highest BCUT2D eigenvalue weighted by Gasteiger charge is 2.23. The van der Waals surface area contributed by atoms with E-state index in [0.29, 0.717) is 23.6 Å². The van der Waals surface area contributed by atoms with Gasteiger partial charge in [-0.3, -0.25) is 19.7 Å². The van der Waals surface area contributed by atoms with Crippen LogP contribution in [-0.4, -0.2) is 43.3 Å². The Hall–Kier alpha value is -4.73. The second kappa shape index (κ2) is 10.9. The number of hydrogen-bond acceptors (Lipinski definition) is 6. The molecule has 0 fully saturated rings. The molecule has 0 radical (unpaired) electrons. The summed E-state index contributed by atoms with van der Waals surface area (Å²) in [6.45, 7) is 2.26. The maximum absolute atomic E-state index is 13.2. The Morgan fingerprint density at radius 2 is 1.54 bits per heavy atom. The Morgan fingerprint density at radius 1 is 0.886 bits per heavy atom. The van der Waals surface area contributed by atoms with Crippen LogP contribution in [0.3, 0.4) is 0 Å². The summed E-state index contributed by atoms with van der Waals surface area (Å²) in [6, 6.07) is 16.6. The first-order valence-corrected chi connectivity index (χ1v) is 10.8. The van der Waals surface area contributed by atoms with Gasteiger partial charge in [-0.15, -0.1) is 0 Å². The third-order valence-electron chi connectivity index (χ3n) is 5.05. The van der Waals surface area contributed by atoms with Gasteiger partial charge in [0.05, 0.1) is 10.5 Å². The van der Waals surface area contributed by atoms with Crippen LogP contribution in [0.15, 0.2) is 66.7 Å². The Bertz CT molecular complexity index is 1290. The lowest BCUT2D eigenvalue weighted by molar-refractivity contribution is -0.384. The molecule has 0 aromatic heterocycles. The molecule has 0 bridgehead atoms. The number of amides is 3. The molecule has 10 heteroatoms. The van der Waals surface area contributed by atoms with E-state index in [2.05, 4.69) is 16.0 Å². The molecule has 3 amide bonds. The molecule has 0 aliphatic rings. The summed E-state index contributed by atoms with van der Waals surface area (Å²) < 4.78 is 0. The quantitative estimate of drug-likeness (QED) is 0.253. The molecule has 0 atom stereocenters. The van der Waals surface area contributed by atoms with Gasteiger partial charge in [0.1, 0.15) is 5.69 Å². The SMILES string of the molecule is CCNC(=O)Nc1cccc(NC(=O)c2ccccc2C(=O)c2ccc(N(C)C)c([N+](=O)[O-])c2)c1. The molecular weight excluding hydrogens is 450 g/mol. The van der Waals surface area contributed by atoms with Crippen molar-refractivity contribution in [3.8, 4) is 0 Å². The number of nitrogens with zero attached hydrogens (tertiary/aromatic N) is 2.